The molecule has 21 heavy (non-hydrogen) atoms. The second-order valence-electron chi connectivity index (χ2n) is 5.40. The zero-order valence-electron chi connectivity index (χ0n) is 11.7. The quantitative estimate of drug-likeness (QED) is 0.668. The molecule has 1 heterocycles. The maximum Gasteiger partial charge on any atom is 0.238 e. The van der Waals surface area contributed by atoms with Crippen LogP contribution in [0.5, 0.6) is 0 Å². The smallest absolute Gasteiger partial charge is 0.238 e. The highest BCUT2D eigenvalue weighted by Crippen LogP contribution is 2.38. The summed E-state index contributed by atoms with van der Waals surface area (Å²) < 4.78 is 0. The highest BCUT2D eigenvalue weighted by Gasteiger charge is 2.47. The standard InChI is InChI=1S/C16H16N2O3/c1-10(19)17-11-5-4-6-12(9-11)18-15(20)13-7-2-3-8-14(13)16(18)21/h2-6,9,13-14H,7-8H2,1H3,(H,17,19)/t13-,14-/m0/s1. The molecule has 0 radical (unpaired) electrons. The highest BCUT2D eigenvalue weighted by molar-refractivity contribution is 6.22. The number of benzene rings is 1. The van der Waals surface area contributed by atoms with Crippen LogP contribution >= 0.6 is 0 Å². The summed E-state index contributed by atoms with van der Waals surface area (Å²) in [4.78, 5) is 37.3. The number of carbonyl (C=O) groups is 3. The fourth-order valence-electron chi connectivity index (χ4n) is 2.98. The number of nitrogens with one attached hydrogen (secondary N) is 1. The number of carbonyl (C=O) groups excluding carboxylic acids is 3. The molecule has 5 heteroatoms. The van der Waals surface area contributed by atoms with Gasteiger partial charge in [-0.1, -0.05) is 18.2 Å². The average Bonchev–Trinajstić information content (AvgIpc) is 2.71. The van der Waals surface area contributed by atoms with Crippen molar-refractivity contribution in [2.24, 2.45) is 11.8 Å². The molecule has 1 aromatic carbocycles. The minimum Gasteiger partial charge on any atom is -0.326 e. The fourth-order valence-corrected chi connectivity index (χ4v) is 2.98. The lowest BCUT2D eigenvalue weighted by Crippen LogP contribution is -2.30. The summed E-state index contributed by atoms with van der Waals surface area (Å²) in [5.74, 6) is -0.966. The molecular formula is C16H16N2O3. The van der Waals surface area contributed by atoms with Gasteiger partial charge in [-0.15, -0.1) is 0 Å². The Morgan fingerprint density at radius 3 is 2.33 bits per heavy atom. The molecule has 3 amide bonds. The molecule has 0 spiro atoms. The number of hydrogen-bond acceptors (Lipinski definition) is 3. The summed E-state index contributed by atoms with van der Waals surface area (Å²) in [7, 11) is 0. The van der Waals surface area contributed by atoms with Crippen LogP contribution in [-0.4, -0.2) is 17.7 Å². The van der Waals surface area contributed by atoms with E-state index in [0.717, 1.165) is 0 Å². The Bertz CT molecular complexity index is 625. The molecule has 1 aliphatic carbocycles. The average molecular weight is 284 g/mol. The molecule has 1 aliphatic heterocycles. The normalized spacial score (nSPS) is 24.1. The van der Waals surface area contributed by atoms with Crippen molar-refractivity contribution in [1.29, 1.82) is 0 Å². The zero-order valence-corrected chi connectivity index (χ0v) is 11.7. The first-order valence-electron chi connectivity index (χ1n) is 6.98. The first kappa shape index (κ1) is 13.5. The van der Waals surface area contributed by atoms with Crippen LogP contribution < -0.4 is 10.2 Å². The first-order chi connectivity index (χ1) is 10.1. The van der Waals surface area contributed by atoms with Crippen LogP contribution in [0.1, 0.15) is 19.8 Å². The van der Waals surface area contributed by atoms with Crippen LogP contribution in [0.3, 0.4) is 0 Å². The topological polar surface area (TPSA) is 66.5 Å². The number of fused-ring (bicyclic) bond motifs is 1. The minimum absolute atomic E-state index is 0.144. The molecule has 108 valence electrons. The number of nitrogens with zero attached hydrogens (tertiary/aromatic N) is 1. The maximum absolute atomic E-state index is 12.5. The Morgan fingerprint density at radius 2 is 1.76 bits per heavy atom. The van der Waals surface area contributed by atoms with Gasteiger partial charge in [-0.05, 0) is 31.0 Å². The maximum atomic E-state index is 12.5. The van der Waals surface area contributed by atoms with Crippen molar-refractivity contribution in [1.82, 2.24) is 0 Å². The number of imide groups is 1. The molecule has 2 atom stereocenters. The van der Waals surface area contributed by atoms with Gasteiger partial charge in [-0.3, -0.25) is 14.4 Å². The van der Waals surface area contributed by atoms with Crippen LogP contribution in [0.2, 0.25) is 0 Å². The van der Waals surface area contributed by atoms with E-state index in [4.69, 9.17) is 0 Å². The van der Waals surface area contributed by atoms with Crippen molar-refractivity contribution in [3.05, 3.63) is 36.4 Å². The molecule has 1 aromatic rings. The molecule has 0 saturated carbocycles. The Morgan fingerprint density at radius 1 is 1.14 bits per heavy atom. The number of anilines is 2. The van der Waals surface area contributed by atoms with Crippen molar-refractivity contribution in [2.75, 3.05) is 10.2 Å². The van der Waals surface area contributed by atoms with E-state index in [9.17, 15) is 14.4 Å². The first-order valence-corrected chi connectivity index (χ1v) is 6.98. The van der Waals surface area contributed by atoms with E-state index in [-0.39, 0.29) is 29.6 Å². The molecule has 0 aromatic heterocycles. The Kier molecular flexibility index (Phi) is 3.33. The predicted molar refractivity (Wildman–Crippen MR) is 78.6 cm³/mol. The minimum atomic E-state index is -0.244. The van der Waals surface area contributed by atoms with Crippen LogP contribution in [-0.2, 0) is 14.4 Å². The molecule has 0 unspecified atom stereocenters. The van der Waals surface area contributed by atoms with Gasteiger partial charge in [-0.2, -0.15) is 0 Å². The summed E-state index contributed by atoms with van der Waals surface area (Å²) in [5.41, 5.74) is 1.10. The van der Waals surface area contributed by atoms with Crippen molar-refractivity contribution in [3.63, 3.8) is 0 Å². The van der Waals surface area contributed by atoms with Gasteiger partial charge in [0.25, 0.3) is 0 Å². The van der Waals surface area contributed by atoms with E-state index in [0.29, 0.717) is 24.2 Å². The number of allylic oxidation sites excluding steroid dienone is 2. The number of rotatable bonds is 2. The fraction of sp³-hybridized carbons (Fsp3) is 0.312. The summed E-state index contributed by atoms with van der Waals surface area (Å²) in [6.07, 6.45) is 5.17. The van der Waals surface area contributed by atoms with Gasteiger partial charge in [-0.25, -0.2) is 4.90 Å². The molecule has 1 saturated heterocycles. The van der Waals surface area contributed by atoms with E-state index in [1.165, 1.54) is 11.8 Å². The van der Waals surface area contributed by atoms with E-state index in [2.05, 4.69) is 5.32 Å². The molecule has 5 nitrogen and oxygen atoms in total. The van der Waals surface area contributed by atoms with Crippen LogP contribution in [0, 0.1) is 11.8 Å². The zero-order chi connectivity index (χ0) is 15.0. The molecule has 2 aliphatic rings. The Balaban J connectivity index is 1.92. The predicted octanol–water partition coefficient (Wildman–Crippen LogP) is 2.10. The molecular weight excluding hydrogens is 268 g/mol. The summed E-state index contributed by atoms with van der Waals surface area (Å²) in [6.45, 7) is 1.42. The SMILES string of the molecule is CC(=O)Nc1cccc(N2C(=O)[C@H]3CC=CC[C@@H]3C2=O)c1. The summed E-state index contributed by atoms with van der Waals surface area (Å²) in [6, 6.07) is 6.82. The molecule has 3 rings (SSSR count). The largest absolute Gasteiger partial charge is 0.326 e. The van der Waals surface area contributed by atoms with Gasteiger partial charge in [0.2, 0.25) is 17.7 Å². The van der Waals surface area contributed by atoms with Crippen molar-refractivity contribution >= 4 is 29.1 Å². The van der Waals surface area contributed by atoms with Gasteiger partial charge < -0.3 is 5.32 Å². The van der Waals surface area contributed by atoms with Gasteiger partial charge in [0, 0.05) is 12.6 Å². The van der Waals surface area contributed by atoms with Crippen LogP contribution in [0.25, 0.3) is 0 Å². The van der Waals surface area contributed by atoms with Crippen LogP contribution in [0.4, 0.5) is 11.4 Å². The lowest BCUT2D eigenvalue weighted by molar-refractivity contribution is -0.122. The lowest BCUT2D eigenvalue weighted by atomic mass is 9.85. The Labute approximate surface area is 122 Å². The second kappa shape index (κ2) is 5.16. The third kappa shape index (κ3) is 2.35. The van der Waals surface area contributed by atoms with Crippen LogP contribution in [0.15, 0.2) is 36.4 Å². The second-order valence-corrected chi connectivity index (χ2v) is 5.40. The van der Waals surface area contributed by atoms with E-state index < -0.39 is 0 Å². The van der Waals surface area contributed by atoms with Gasteiger partial charge in [0.05, 0.1) is 17.5 Å². The molecule has 0 bridgehead atoms. The summed E-state index contributed by atoms with van der Waals surface area (Å²) in [5, 5.41) is 2.66. The third-order valence-electron chi connectivity index (χ3n) is 3.93. The third-order valence-corrected chi connectivity index (χ3v) is 3.93. The van der Waals surface area contributed by atoms with Crippen molar-refractivity contribution < 1.29 is 14.4 Å². The van der Waals surface area contributed by atoms with E-state index in [1.807, 2.05) is 12.2 Å². The molecule has 1 N–H and O–H groups in total. The van der Waals surface area contributed by atoms with Crippen molar-refractivity contribution in [2.45, 2.75) is 19.8 Å². The van der Waals surface area contributed by atoms with E-state index in [1.54, 1.807) is 24.3 Å². The van der Waals surface area contributed by atoms with Gasteiger partial charge >= 0.3 is 0 Å². The van der Waals surface area contributed by atoms with Gasteiger partial charge in [0.15, 0.2) is 0 Å². The van der Waals surface area contributed by atoms with E-state index >= 15 is 0 Å². The number of amides is 3. The monoisotopic (exact) mass is 284 g/mol. The molecule has 1 fully saturated rings. The van der Waals surface area contributed by atoms with Crippen molar-refractivity contribution in [3.8, 4) is 0 Å². The number of hydrogen-bond donors (Lipinski definition) is 1. The summed E-state index contributed by atoms with van der Waals surface area (Å²) >= 11 is 0. The van der Waals surface area contributed by atoms with Gasteiger partial charge in [0.1, 0.15) is 0 Å². The highest BCUT2D eigenvalue weighted by atomic mass is 16.2. The Hall–Kier alpha value is -2.43. The lowest BCUT2D eigenvalue weighted by Gasteiger charge is -2.16.